The van der Waals surface area contributed by atoms with Gasteiger partial charge in [0.2, 0.25) is 3.79 Å². The Morgan fingerprint density at radius 2 is 1.79 bits per heavy atom. The molecule has 2 N–H and O–H groups in total. The molecule has 0 aliphatic heterocycles. The maximum Gasteiger partial charge on any atom is 0.253 e. The lowest BCUT2D eigenvalue weighted by atomic mass is 10.1. The summed E-state index contributed by atoms with van der Waals surface area (Å²) < 4.78 is -1.75. The van der Waals surface area contributed by atoms with Crippen LogP contribution in [-0.2, 0) is 0 Å². The molecular weight excluding hydrogens is 390 g/mol. The number of aryl methyl sites for hydroxylation is 2. The minimum atomic E-state index is -1.75. The molecule has 0 spiro atoms. The van der Waals surface area contributed by atoms with Gasteiger partial charge < -0.3 is 10.6 Å². The van der Waals surface area contributed by atoms with Crippen molar-refractivity contribution in [2.24, 2.45) is 0 Å². The summed E-state index contributed by atoms with van der Waals surface area (Å²) in [7, 11) is 0. The highest BCUT2D eigenvalue weighted by atomic mass is 35.6. The van der Waals surface area contributed by atoms with Crippen molar-refractivity contribution in [2.75, 3.05) is 5.32 Å². The normalized spacial score (nSPS) is 12.6. The third kappa shape index (κ3) is 5.18. The highest BCUT2D eigenvalue weighted by Gasteiger charge is 2.34. The second kappa shape index (κ2) is 7.83. The molecule has 0 radical (unpaired) electrons. The first-order chi connectivity index (χ1) is 11.2. The predicted molar refractivity (Wildman–Crippen MR) is 103 cm³/mol. The average molecular weight is 406 g/mol. The Morgan fingerprint density at radius 3 is 2.42 bits per heavy atom. The van der Waals surface area contributed by atoms with E-state index in [0.717, 1.165) is 16.8 Å². The van der Waals surface area contributed by atoms with Gasteiger partial charge in [-0.25, -0.2) is 0 Å². The number of nitrogens with one attached hydrogen (secondary N) is 2. The minimum absolute atomic E-state index is 0.379. The van der Waals surface area contributed by atoms with E-state index in [4.69, 9.17) is 46.4 Å². The van der Waals surface area contributed by atoms with E-state index in [2.05, 4.69) is 10.6 Å². The molecule has 0 bridgehead atoms. The zero-order valence-electron chi connectivity index (χ0n) is 13.0. The maximum atomic E-state index is 12.4. The van der Waals surface area contributed by atoms with Gasteiger partial charge >= 0.3 is 0 Å². The lowest BCUT2D eigenvalue weighted by Gasteiger charge is -2.28. The van der Waals surface area contributed by atoms with Crippen LogP contribution in [-0.4, -0.2) is 15.9 Å². The number of hydrogen-bond donors (Lipinski definition) is 2. The number of amides is 1. The smallest absolute Gasteiger partial charge is 0.253 e. The molecule has 1 amide bonds. The fourth-order valence-corrected chi connectivity index (χ4v) is 2.61. The monoisotopic (exact) mass is 404 g/mol. The largest absolute Gasteiger partial charge is 0.362 e. The summed E-state index contributed by atoms with van der Waals surface area (Å²) in [6.07, 6.45) is -0.922. The molecule has 3 nitrogen and oxygen atoms in total. The standard InChI is InChI=1S/C17H16Cl4N2O/c1-10-6-7-11(2)14(8-10)22-16(17(19,20)21)23-15(24)12-4-3-5-13(18)9-12/h3-9,16,22H,1-2H3,(H,23,24). The van der Waals surface area contributed by atoms with Crippen LogP contribution in [0.25, 0.3) is 0 Å². The van der Waals surface area contributed by atoms with Crippen LogP contribution >= 0.6 is 46.4 Å². The van der Waals surface area contributed by atoms with E-state index in [1.807, 2.05) is 32.0 Å². The summed E-state index contributed by atoms with van der Waals surface area (Å²) in [5.74, 6) is -0.397. The summed E-state index contributed by atoms with van der Waals surface area (Å²) in [6.45, 7) is 3.88. The van der Waals surface area contributed by atoms with Gasteiger partial charge in [0.05, 0.1) is 0 Å². The van der Waals surface area contributed by atoms with E-state index in [1.165, 1.54) is 0 Å². The summed E-state index contributed by atoms with van der Waals surface area (Å²) in [4.78, 5) is 12.4. The third-order valence-electron chi connectivity index (χ3n) is 3.38. The molecule has 24 heavy (non-hydrogen) atoms. The van der Waals surface area contributed by atoms with Crippen LogP contribution < -0.4 is 10.6 Å². The lowest BCUT2D eigenvalue weighted by molar-refractivity contribution is 0.0942. The Bertz CT molecular complexity index is 744. The fraction of sp³-hybridized carbons (Fsp3) is 0.235. The van der Waals surface area contributed by atoms with E-state index in [-0.39, 0.29) is 0 Å². The minimum Gasteiger partial charge on any atom is -0.362 e. The molecule has 0 aromatic heterocycles. The highest BCUT2D eigenvalue weighted by Crippen LogP contribution is 2.32. The Labute approximate surface area is 161 Å². The number of carbonyl (C=O) groups excluding carboxylic acids is 1. The second-order valence-electron chi connectivity index (χ2n) is 5.42. The summed E-state index contributed by atoms with van der Waals surface area (Å²) >= 11 is 24.0. The van der Waals surface area contributed by atoms with Gasteiger partial charge in [0.25, 0.3) is 5.91 Å². The van der Waals surface area contributed by atoms with Crippen molar-refractivity contribution in [1.82, 2.24) is 5.32 Å². The Hall–Kier alpha value is -1.13. The fourth-order valence-electron chi connectivity index (χ4n) is 2.09. The number of alkyl halides is 3. The van der Waals surface area contributed by atoms with E-state index in [1.54, 1.807) is 24.3 Å². The van der Waals surface area contributed by atoms with Gasteiger partial charge in [-0.2, -0.15) is 0 Å². The Morgan fingerprint density at radius 1 is 1.08 bits per heavy atom. The molecule has 2 rings (SSSR count). The third-order valence-corrected chi connectivity index (χ3v) is 4.27. The van der Waals surface area contributed by atoms with E-state index < -0.39 is 15.9 Å². The van der Waals surface area contributed by atoms with Gasteiger partial charge in [0.15, 0.2) is 0 Å². The zero-order chi connectivity index (χ0) is 17.9. The number of rotatable bonds is 4. The zero-order valence-corrected chi connectivity index (χ0v) is 16.1. The molecule has 1 unspecified atom stereocenters. The topological polar surface area (TPSA) is 41.1 Å². The van der Waals surface area contributed by atoms with Gasteiger partial charge in [0.1, 0.15) is 6.17 Å². The van der Waals surface area contributed by atoms with Crippen molar-refractivity contribution in [3.05, 3.63) is 64.2 Å². The summed E-state index contributed by atoms with van der Waals surface area (Å²) in [6, 6.07) is 12.4. The van der Waals surface area contributed by atoms with Gasteiger partial charge in [-0.1, -0.05) is 64.6 Å². The predicted octanol–water partition coefficient (Wildman–Crippen LogP) is 5.50. The molecule has 7 heteroatoms. The van der Waals surface area contributed by atoms with Crippen LogP contribution in [0.15, 0.2) is 42.5 Å². The average Bonchev–Trinajstić information content (AvgIpc) is 2.49. The van der Waals surface area contributed by atoms with Gasteiger partial charge in [-0.3, -0.25) is 4.79 Å². The number of carbonyl (C=O) groups is 1. The van der Waals surface area contributed by atoms with Crippen molar-refractivity contribution in [3.8, 4) is 0 Å². The van der Waals surface area contributed by atoms with Crippen LogP contribution in [0.5, 0.6) is 0 Å². The molecule has 0 heterocycles. The van der Waals surface area contributed by atoms with E-state index in [0.29, 0.717) is 10.6 Å². The van der Waals surface area contributed by atoms with Gasteiger partial charge in [0, 0.05) is 16.3 Å². The molecule has 0 aliphatic rings. The molecule has 0 aliphatic carbocycles. The number of halogens is 4. The van der Waals surface area contributed by atoms with Crippen LogP contribution in [0.3, 0.4) is 0 Å². The molecule has 128 valence electrons. The molecule has 0 saturated carbocycles. The first-order valence-corrected chi connectivity index (χ1v) is 8.65. The maximum absolute atomic E-state index is 12.4. The molecular formula is C17H16Cl4N2O. The van der Waals surface area contributed by atoms with Crippen molar-refractivity contribution < 1.29 is 4.79 Å². The van der Waals surface area contributed by atoms with Crippen molar-refractivity contribution in [1.29, 1.82) is 0 Å². The van der Waals surface area contributed by atoms with Gasteiger partial charge in [-0.15, -0.1) is 0 Å². The van der Waals surface area contributed by atoms with E-state index in [9.17, 15) is 4.79 Å². The van der Waals surface area contributed by atoms with Crippen LogP contribution in [0, 0.1) is 13.8 Å². The molecule has 2 aromatic rings. The first kappa shape index (κ1) is 19.2. The SMILES string of the molecule is Cc1ccc(C)c(NC(NC(=O)c2cccc(Cl)c2)C(Cl)(Cl)Cl)c1. The van der Waals surface area contributed by atoms with Crippen molar-refractivity contribution in [3.63, 3.8) is 0 Å². The Balaban J connectivity index is 2.23. The molecule has 1 atom stereocenters. The van der Waals surface area contributed by atoms with Crippen molar-refractivity contribution >= 4 is 58.0 Å². The molecule has 2 aromatic carbocycles. The molecule has 0 saturated heterocycles. The summed E-state index contributed by atoms with van der Waals surface area (Å²) in [5, 5.41) is 6.23. The number of benzene rings is 2. The van der Waals surface area contributed by atoms with Crippen LogP contribution in [0.2, 0.25) is 5.02 Å². The van der Waals surface area contributed by atoms with Gasteiger partial charge in [-0.05, 0) is 49.2 Å². The first-order valence-electron chi connectivity index (χ1n) is 7.14. The van der Waals surface area contributed by atoms with E-state index >= 15 is 0 Å². The number of hydrogen-bond acceptors (Lipinski definition) is 2. The summed E-state index contributed by atoms with van der Waals surface area (Å²) in [5.41, 5.74) is 3.17. The number of anilines is 1. The lowest BCUT2D eigenvalue weighted by Crippen LogP contribution is -2.49. The second-order valence-corrected chi connectivity index (χ2v) is 8.23. The van der Waals surface area contributed by atoms with Crippen LogP contribution in [0.4, 0.5) is 5.69 Å². The van der Waals surface area contributed by atoms with Crippen LogP contribution in [0.1, 0.15) is 21.5 Å². The highest BCUT2D eigenvalue weighted by molar-refractivity contribution is 6.68. The van der Waals surface area contributed by atoms with Crippen molar-refractivity contribution in [2.45, 2.75) is 23.8 Å². The Kier molecular flexibility index (Phi) is 6.27. The molecule has 0 fully saturated rings. The quantitative estimate of drug-likeness (QED) is 0.521.